The fourth-order valence-electron chi connectivity index (χ4n) is 2.09. The van der Waals surface area contributed by atoms with Crippen LogP contribution >= 0.6 is 0 Å². The van der Waals surface area contributed by atoms with Crippen molar-refractivity contribution in [1.29, 1.82) is 0 Å². The fraction of sp³-hybridized carbons (Fsp3) is 0.875. The Balaban J connectivity index is 1.84. The quantitative estimate of drug-likeness (QED) is 0.504. The molecule has 0 bridgehead atoms. The summed E-state index contributed by atoms with van der Waals surface area (Å²) in [6.45, 7) is 1.50. The lowest BCUT2D eigenvalue weighted by Crippen LogP contribution is -2.49. The molecule has 1 aliphatic heterocycles. The smallest absolute Gasteiger partial charge is 0.293 e. The molecule has 1 aliphatic carbocycles. The van der Waals surface area contributed by atoms with Crippen LogP contribution in [0.1, 0.15) is 25.7 Å². The van der Waals surface area contributed by atoms with E-state index in [1.807, 2.05) is 0 Å². The first-order valence-corrected chi connectivity index (χ1v) is 4.69. The van der Waals surface area contributed by atoms with Gasteiger partial charge in [-0.3, -0.25) is 4.79 Å². The lowest BCUT2D eigenvalue weighted by atomic mass is 9.81. The van der Waals surface area contributed by atoms with Gasteiger partial charge in [-0.05, 0) is 25.7 Å². The minimum absolute atomic E-state index is 0.130. The first-order chi connectivity index (χ1) is 6.35. The second kappa shape index (κ2) is 3.61. The van der Waals surface area contributed by atoms with Gasteiger partial charge >= 0.3 is 0 Å². The largest absolute Gasteiger partial charge is 0.465 e. The van der Waals surface area contributed by atoms with E-state index in [9.17, 15) is 4.79 Å². The molecule has 5 heteroatoms. The Labute approximate surface area is 77.1 Å². The van der Waals surface area contributed by atoms with Gasteiger partial charge in [-0.2, -0.15) is 5.53 Å². The predicted octanol–water partition coefficient (Wildman–Crippen LogP) is -0.547. The lowest BCUT2D eigenvalue weighted by Gasteiger charge is -2.34. The maximum atomic E-state index is 10.1. The number of hydrogen-bond donors (Lipinski definition) is 3. The zero-order chi connectivity index (χ0) is 9.15. The molecule has 1 spiro atoms. The summed E-state index contributed by atoms with van der Waals surface area (Å²) in [5.41, 5.74) is 9.39. The van der Waals surface area contributed by atoms with Crippen molar-refractivity contribution in [2.75, 3.05) is 6.54 Å². The highest BCUT2D eigenvalue weighted by Crippen LogP contribution is 2.29. The molecule has 2 fully saturated rings. The van der Waals surface area contributed by atoms with E-state index in [-0.39, 0.29) is 11.6 Å². The van der Waals surface area contributed by atoms with Crippen molar-refractivity contribution < 1.29 is 9.53 Å². The van der Waals surface area contributed by atoms with Gasteiger partial charge in [-0.25, -0.2) is 10.9 Å². The first kappa shape index (κ1) is 8.93. The molecule has 2 aliphatic rings. The highest BCUT2D eigenvalue weighted by molar-refractivity contribution is 5.37. The summed E-state index contributed by atoms with van der Waals surface area (Å²) in [7, 11) is 0. The maximum absolute atomic E-state index is 10.1. The Morgan fingerprint density at radius 2 is 2.15 bits per heavy atom. The van der Waals surface area contributed by atoms with Gasteiger partial charge < -0.3 is 4.74 Å². The van der Waals surface area contributed by atoms with Gasteiger partial charge in [0, 0.05) is 12.1 Å². The Kier molecular flexibility index (Phi) is 2.48. The van der Waals surface area contributed by atoms with Gasteiger partial charge in [-0.1, -0.05) is 0 Å². The number of hydrogen-bond acceptors (Lipinski definition) is 5. The SMILES string of the molecule is O=COC1CCC2(CC1)CNNN2. The molecule has 0 aromatic carbocycles. The normalized spacial score (nSPS) is 39.2. The van der Waals surface area contributed by atoms with Crippen molar-refractivity contribution in [3.8, 4) is 0 Å². The Morgan fingerprint density at radius 3 is 2.69 bits per heavy atom. The van der Waals surface area contributed by atoms with Gasteiger partial charge in [0.05, 0.1) is 0 Å². The molecule has 3 N–H and O–H groups in total. The number of carbonyl (C=O) groups is 1. The summed E-state index contributed by atoms with van der Waals surface area (Å²) in [5.74, 6) is 0. The summed E-state index contributed by atoms with van der Waals surface area (Å²) in [5, 5.41) is 0. The number of ether oxygens (including phenoxy) is 1. The van der Waals surface area contributed by atoms with Gasteiger partial charge in [0.1, 0.15) is 6.10 Å². The van der Waals surface area contributed by atoms with Crippen molar-refractivity contribution in [2.45, 2.75) is 37.3 Å². The molecule has 13 heavy (non-hydrogen) atoms. The molecule has 0 aromatic heterocycles. The Hall–Kier alpha value is -0.650. The molecule has 1 saturated carbocycles. The zero-order valence-corrected chi connectivity index (χ0v) is 7.51. The number of carbonyl (C=O) groups excluding carboxylic acids is 1. The monoisotopic (exact) mass is 185 g/mol. The summed E-state index contributed by atoms with van der Waals surface area (Å²) in [4.78, 5) is 10.1. The second-order valence-electron chi connectivity index (χ2n) is 3.82. The van der Waals surface area contributed by atoms with Crippen LogP contribution < -0.4 is 16.4 Å². The number of hydrazine groups is 2. The minimum atomic E-state index is 0.130. The van der Waals surface area contributed by atoms with E-state index in [2.05, 4.69) is 16.4 Å². The van der Waals surface area contributed by atoms with E-state index in [1.165, 1.54) is 0 Å². The van der Waals surface area contributed by atoms with Crippen LogP contribution in [0.5, 0.6) is 0 Å². The molecule has 1 saturated heterocycles. The standard InChI is InChI=1S/C8H15N3O2/c12-6-13-7-1-3-8(4-2-7)5-9-11-10-8/h6-7,9-11H,1-5H2. The Bertz CT molecular complexity index is 182. The third-order valence-electron chi connectivity index (χ3n) is 2.98. The second-order valence-corrected chi connectivity index (χ2v) is 3.82. The predicted molar refractivity (Wildman–Crippen MR) is 46.4 cm³/mol. The molecule has 5 nitrogen and oxygen atoms in total. The van der Waals surface area contributed by atoms with Gasteiger partial charge in [0.25, 0.3) is 6.47 Å². The van der Waals surface area contributed by atoms with Gasteiger partial charge in [-0.15, -0.1) is 0 Å². The first-order valence-electron chi connectivity index (χ1n) is 4.69. The van der Waals surface area contributed by atoms with Gasteiger partial charge in [0.15, 0.2) is 0 Å². The van der Waals surface area contributed by atoms with Crippen molar-refractivity contribution in [2.24, 2.45) is 0 Å². The number of rotatable bonds is 2. The summed E-state index contributed by atoms with van der Waals surface area (Å²) < 4.78 is 4.94. The average molecular weight is 185 g/mol. The average Bonchev–Trinajstić information content (AvgIpc) is 2.59. The molecular weight excluding hydrogens is 170 g/mol. The van der Waals surface area contributed by atoms with E-state index in [1.54, 1.807) is 0 Å². The van der Waals surface area contributed by atoms with Crippen LogP contribution in [0, 0.1) is 0 Å². The van der Waals surface area contributed by atoms with E-state index >= 15 is 0 Å². The van der Waals surface area contributed by atoms with Crippen LogP contribution in [0.3, 0.4) is 0 Å². The molecule has 74 valence electrons. The fourth-order valence-corrected chi connectivity index (χ4v) is 2.09. The van der Waals surface area contributed by atoms with E-state index < -0.39 is 0 Å². The highest BCUT2D eigenvalue weighted by Gasteiger charge is 2.38. The summed E-state index contributed by atoms with van der Waals surface area (Å²) in [6.07, 6.45) is 4.13. The van der Waals surface area contributed by atoms with Crippen LogP contribution in [0.2, 0.25) is 0 Å². The molecular formula is C8H15N3O2. The molecule has 0 amide bonds. The third-order valence-corrected chi connectivity index (χ3v) is 2.98. The minimum Gasteiger partial charge on any atom is -0.465 e. The van der Waals surface area contributed by atoms with Crippen molar-refractivity contribution in [1.82, 2.24) is 16.4 Å². The van der Waals surface area contributed by atoms with Crippen molar-refractivity contribution in [3.63, 3.8) is 0 Å². The van der Waals surface area contributed by atoms with Crippen LogP contribution in [0.4, 0.5) is 0 Å². The molecule has 0 radical (unpaired) electrons. The number of nitrogens with one attached hydrogen (secondary N) is 3. The van der Waals surface area contributed by atoms with Crippen LogP contribution in [0.25, 0.3) is 0 Å². The highest BCUT2D eigenvalue weighted by atomic mass is 16.5. The summed E-state index contributed by atoms with van der Waals surface area (Å²) in [6, 6.07) is 0. The molecule has 2 rings (SSSR count). The van der Waals surface area contributed by atoms with Gasteiger partial charge in [0.2, 0.25) is 0 Å². The zero-order valence-electron chi connectivity index (χ0n) is 7.51. The third kappa shape index (κ3) is 1.82. The summed E-state index contributed by atoms with van der Waals surface area (Å²) >= 11 is 0. The topological polar surface area (TPSA) is 62.4 Å². The van der Waals surface area contributed by atoms with Crippen LogP contribution in [-0.2, 0) is 9.53 Å². The Morgan fingerprint density at radius 1 is 1.38 bits per heavy atom. The van der Waals surface area contributed by atoms with E-state index in [0.717, 1.165) is 32.2 Å². The molecule has 0 aromatic rings. The van der Waals surface area contributed by atoms with E-state index in [4.69, 9.17) is 4.74 Å². The lowest BCUT2D eigenvalue weighted by molar-refractivity contribution is -0.135. The van der Waals surface area contributed by atoms with Crippen molar-refractivity contribution >= 4 is 6.47 Å². The molecule has 0 atom stereocenters. The van der Waals surface area contributed by atoms with E-state index in [0.29, 0.717) is 6.47 Å². The van der Waals surface area contributed by atoms with Crippen molar-refractivity contribution in [3.05, 3.63) is 0 Å². The molecule has 0 unspecified atom stereocenters. The van der Waals surface area contributed by atoms with Crippen LogP contribution in [0.15, 0.2) is 0 Å². The molecule has 1 heterocycles. The van der Waals surface area contributed by atoms with Crippen LogP contribution in [-0.4, -0.2) is 24.7 Å². The maximum Gasteiger partial charge on any atom is 0.293 e.